The Bertz CT molecular complexity index is 925. The van der Waals surface area contributed by atoms with Crippen LogP contribution in [0, 0.1) is 11.6 Å². The molecule has 3 amide bonds. The van der Waals surface area contributed by atoms with E-state index in [0.29, 0.717) is 43.9 Å². The maximum atomic E-state index is 14.1. The Kier molecular flexibility index (Phi) is 6.22. The second kappa shape index (κ2) is 9.04. The zero-order valence-electron chi connectivity index (χ0n) is 16.5. The highest BCUT2D eigenvalue weighted by atomic mass is 32.2. The highest BCUT2D eigenvalue weighted by Gasteiger charge is 2.32. The van der Waals surface area contributed by atoms with Crippen molar-refractivity contribution in [3.05, 3.63) is 65.7 Å². The fourth-order valence-electron chi connectivity index (χ4n) is 3.86. The highest BCUT2D eigenvalue weighted by Crippen LogP contribution is 2.35. The lowest BCUT2D eigenvalue weighted by Crippen LogP contribution is -2.43. The molecule has 2 aliphatic heterocycles. The molecule has 0 spiro atoms. The van der Waals surface area contributed by atoms with Crippen molar-refractivity contribution in [1.29, 1.82) is 0 Å². The van der Waals surface area contributed by atoms with Crippen molar-refractivity contribution >= 4 is 29.4 Å². The first-order valence-corrected chi connectivity index (χ1v) is 11.0. The molecule has 5 nitrogen and oxygen atoms in total. The summed E-state index contributed by atoms with van der Waals surface area (Å²) < 4.78 is 27.2. The molecule has 30 heavy (non-hydrogen) atoms. The molecule has 0 saturated carbocycles. The molecule has 2 aliphatic rings. The molecular formula is C22H23F2N3O2S. The Balaban J connectivity index is 1.34. The van der Waals surface area contributed by atoms with Crippen LogP contribution in [-0.2, 0) is 4.79 Å². The highest BCUT2D eigenvalue weighted by molar-refractivity contribution is 7.99. The number of rotatable bonds is 4. The van der Waals surface area contributed by atoms with Crippen LogP contribution in [-0.4, -0.2) is 60.2 Å². The molecule has 1 unspecified atom stereocenters. The molecule has 2 saturated heterocycles. The van der Waals surface area contributed by atoms with Gasteiger partial charge in [0.05, 0.1) is 0 Å². The van der Waals surface area contributed by atoms with Crippen LogP contribution in [0.15, 0.2) is 48.5 Å². The zero-order chi connectivity index (χ0) is 21.1. The predicted octanol–water partition coefficient (Wildman–Crippen LogP) is 3.91. The van der Waals surface area contributed by atoms with Crippen molar-refractivity contribution in [3.8, 4) is 0 Å². The summed E-state index contributed by atoms with van der Waals surface area (Å²) in [5.41, 5.74) is 1.30. The Morgan fingerprint density at radius 3 is 2.53 bits per heavy atom. The van der Waals surface area contributed by atoms with Gasteiger partial charge in [-0.05, 0) is 36.8 Å². The maximum Gasteiger partial charge on any atom is 0.325 e. The topological polar surface area (TPSA) is 43.9 Å². The molecule has 0 aromatic heterocycles. The third kappa shape index (κ3) is 4.43. The standard InChI is InChI=1S/C22H23F2N3O2S/c23-16-5-7-17(8-6-16)27-12-11-26(22(27)29)15-21(28)25-10-9-20(30-14-13-25)18-3-1-2-4-19(18)24/h1-8,20H,9-15H2. The van der Waals surface area contributed by atoms with E-state index in [1.165, 1.54) is 23.1 Å². The summed E-state index contributed by atoms with van der Waals surface area (Å²) in [6.07, 6.45) is 0.674. The summed E-state index contributed by atoms with van der Waals surface area (Å²) >= 11 is 1.66. The molecule has 158 valence electrons. The lowest BCUT2D eigenvalue weighted by Gasteiger charge is -2.24. The number of benzene rings is 2. The summed E-state index contributed by atoms with van der Waals surface area (Å²) in [7, 11) is 0. The zero-order valence-corrected chi connectivity index (χ0v) is 17.3. The van der Waals surface area contributed by atoms with Crippen molar-refractivity contribution < 1.29 is 18.4 Å². The number of thioether (sulfide) groups is 1. The van der Waals surface area contributed by atoms with E-state index >= 15 is 0 Å². The van der Waals surface area contributed by atoms with Crippen LogP contribution in [0.4, 0.5) is 19.3 Å². The largest absolute Gasteiger partial charge is 0.340 e. The summed E-state index contributed by atoms with van der Waals surface area (Å²) in [5, 5.41) is 0.0198. The molecule has 0 aliphatic carbocycles. The van der Waals surface area contributed by atoms with E-state index < -0.39 is 0 Å². The lowest BCUT2D eigenvalue weighted by atomic mass is 10.1. The van der Waals surface area contributed by atoms with E-state index in [1.807, 2.05) is 6.07 Å². The van der Waals surface area contributed by atoms with Gasteiger partial charge in [-0.1, -0.05) is 18.2 Å². The van der Waals surface area contributed by atoms with Crippen LogP contribution in [0.5, 0.6) is 0 Å². The molecule has 0 bridgehead atoms. The first-order valence-electron chi connectivity index (χ1n) is 9.99. The van der Waals surface area contributed by atoms with E-state index in [9.17, 15) is 18.4 Å². The van der Waals surface area contributed by atoms with Crippen LogP contribution in [0.3, 0.4) is 0 Å². The lowest BCUT2D eigenvalue weighted by molar-refractivity contribution is -0.131. The van der Waals surface area contributed by atoms with Gasteiger partial charge >= 0.3 is 6.03 Å². The van der Waals surface area contributed by atoms with Crippen LogP contribution in [0.25, 0.3) is 0 Å². The molecular weight excluding hydrogens is 408 g/mol. The number of anilines is 1. The molecule has 0 radical (unpaired) electrons. The quantitative estimate of drug-likeness (QED) is 0.737. The van der Waals surface area contributed by atoms with E-state index in [1.54, 1.807) is 45.8 Å². The second-order valence-electron chi connectivity index (χ2n) is 7.38. The predicted molar refractivity (Wildman–Crippen MR) is 114 cm³/mol. The number of hydrogen-bond donors (Lipinski definition) is 0. The van der Waals surface area contributed by atoms with Gasteiger partial charge in [-0.15, -0.1) is 0 Å². The molecule has 2 fully saturated rings. The van der Waals surface area contributed by atoms with Crippen molar-refractivity contribution in [2.24, 2.45) is 0 Å². The Morgan fingerprint density at radius 2 is 1.77 bits per heavy atom. The van der Waals surface area contributed by atoms with Crippen LogP contribution in [0.1, 0.15) is 17.2 Å². The number of halogens is 2. The SMILES string of the molecule is O=C(CN1CCN(c2ccc(F)cc2)C1=O)N1CCSC(c2ccccc2F)CC1. The number of carbonyl (C=O) groups is 2. The summed E-state index contributed by atoms with van der Waals surface area (Å²) in [6.45, 7) is 2.05. The Morgan fingerprint density at radius 1 is 1.00 bits per heavy atom. The first kappa shape index (κ1) is 20.7. The van der Waals surface area contributed by atoms with Gasteiger partial charge in [-0.3, -0.25) is 9.69 Å². The normalized spacial score (nSPS) is 19.9. The van der Waals surface area contributed by atoms with Gasteiger partial charge in [0.25, 0.3) is 0 Å². The van der Waals surface area contributed by atoms with E-state index in [-0.39, 0.29) is 35.4 Å². The number of urea groups is 1. The average Bonchev–Trinajstić information content (AvgIpc) is 2.95. The van der Waals surface area contributed by atoms with Crippen molar-refractivity contribution in [2.45, 2.75) is 11.7 Å². The third-order valence-electron chi connectivity index (χ3n) is 5.51. The van der Waals surface area contributed by atoms with Crippen molar-refractivity contribution in [3.63, 3.8) is 0 Å². The summed E-state index contributed by atoms with van der Waals surface area (Å²) in [4.78, 5) is 30.4. The Labute approximate surface area is 178 Å². The molecule has 2 heterocycles. The van der Waals surface area contributed by atoms with Crippen LogP contribution in [0.2, 0.25) is 0 Å². The maximum absolute atomic E-state index is 14.1. The number of carbonyl (C=O) groups excluding carboxylic acids is 2. The fourth-order valence-corrected chi connectivity index (χ4v) is 5.11. The van der Waals surface area contributed by atoms with Crippen LogP contribution < -0.4 is 4.90 Å². The number of hydrogen-bond acceptors (Lipinski definition) is 3. The minimum absolute atomic E-state index is 0.0194. The second-order valence-corrected chi connectivity index (χ2v) is 8.69. The van der Waals surface area contributed by atoms with Crippen molar-refractivity contribution in [1.82, 2.24) is 9.80 Å². The number of amides is 3. The van der Waals surface area contributed by atoms with E-state index in [4.69, 9.17) is 0 Å². The fraction of sp³-hybridized carbons (Fsp3) is 0.364. The summed E-state index contributed by atoms with van der Waals surface area (Å²) in [5.74, 6) is 0.0583. The third-order valence-corrected chi connectivity index (χ3v) is 6.82. The van der Waals surface area contributed by atoms with Crippen LogP contribution >= 0.6 is 11.8 Å². The van der Waals surface area contributed by atoms with Gasteiger partial charge in [-0.25, -0.2) is 13.6 Å². The van der Waals surface area contributed by atoms with Gasteiger partial charge in [0, 0.05) is 48.4 Å². The van der Waals surface area contributed by atoms with Crippen molar-refractivity contribution in [2.75, 3.05) is 43.4 Å². The Hall–Kier alpha value is -2.61. The molecule has 2 aromatic carbocycles. The van der Waals surface area contributed by atoms with Gasteiger partial charge in [0.15, 0.2) is 0 Å². The molecule has 2 aromatic rings. The van der Waals surface area contributed by atoms with Gasteiger partial charge in [0.1, 0.15) is 18.2 Å². The molecule has 1 atom stereocenters. The molecule has 0 N–H and O–H groups in total. The molecule has 4 rings (SSSR count). The number of nitrogens with zero attached hydrogens (tertiary/aromatic N) is 3. The summed E-state index contributed by atoms with van der Waals surface area (Å²) in [6, 6.07) is 12.3. The van der Waals surface area contributed by atoms with Gasteiger partial charge < -0.3 is 9.80 Å². The minimum atomic E-state index is -0.356. The minimum Gasteiger partial charge on any atom is -0.340 e. The monoisotopic (exact) mass is 431 g/mol. The van der Waals surface area contributed by atoms with Gasteiger partial charge in [-0.2, -0.15) is 11.8 Å². The first-order chi connectivity index (χ1) is 14.5. The smallest absolute Gasteiger partial charge is 0.325 e. The average molecular weight is 432 g/mol. The molecule has 8 heteroatoms. The van der Waals surface area contributed by atoms with E-state index in [2.05, 4.69) is 0 Å². The van der Waals surface area contributed by atoms with E-state index in [0.717, 1.165) is 5.75 Å². The van der Waals surface area contributed by atoms with Gasteiger partial charge in [0.2, 0.25) is 5.91 Å².